The summed E-state index contributed by atoms with van der Waals surface area (Å²) in [5, 5.41) is 8.88. The molecule has 0 bridgehead atoms. The lowest BCUT2D eigenvalue weighted by Crippen LogP contribution is -2.16. The van der Waals surface area contributed by atoms with E-state index in [1.165, 1.54) is 0 Å². The Bertz CT molecular complexity index is 216. The van der Waals surface area contributed by atoms with Gasteiger partial charge in [0.15, 0.2) is 0 Å². The predicted molar refractivity (Wildman–Crippen MR) is 42.3 cm³/mol. The third-order valence-electron chi connectivity index (χ3n) is 1.78. The molecule has 1 unspecified atom stereocenters. The standard InChI is InChI=1S/C8H13NO2/c1-6-2-3-11-8(6)7(4-9)5-10/h2-3,7,10H,4-5,9H2,1H3. The lowest BCUT2D eigenvalue weighted by molar-refractivity contribution is 0.251. The van der Waals surface area contributed by atoms with Gasteiger partial charge in [0.05, 0.1) is 18.8 Å². The topological polar surface area (TPSA) is 59.4 Å². The zero-order valence-electron chi connectivity index (χ0n) is 6.58. The molecule has 1 aromatic rings. The first kappa shape index (κ1) is 8.30. The highest BCUT2D eigenvalue weighted by molar-refractivity contribution is 5.18. The minimum Gasteiger partial charge on any atom is -0.469 e. The van der Waals surface area contributed by atoms with Crippen molar-refractivity contribution in [1.82, 2.24) is 0 Å². The van der Waals surface area contributed by atoms with Gasteiger partial charge in [-0.1, -0.05) is 0 Å². The molecule has 3 heteroatoms. The van der Waals surface area contributed by atoms with Crippen molar-refractivity contribution in [2.24, 2.45) is 5.73 Å². The van der Waals surface area contributed by atoms with Crippen LogP contribution in [0.5, 0.6) is 0 Å². The summed E-state index contributed by atoms with van der Waals surface area (Å²) in [5.41, 5.74) is 6.47. The number of aliphatic hydroxyl groups is 1. The minimum absolute atomic E-state index is 0.0465. The third kappa shape index (κ3) is 1.61. The molecule has 1 aromatic heterocycles. The molecule has 62 valence electrons. The fourth-order valence-corrected chi connectivity index (χ4v) is 1.07. The Morgan fingerprint density at radius 3 is 2.82 bits per heavy atom. The first-order valence-electron chi connectivity index (χ1n) is 3.64. The van der Waals surface area contributed by atoms with Crippen LogP contribution in [-0.4, -0.2) is 18.3 Å². The molecule has 1 atom stereocenters. The van der Waals surface area contributed by atoms with E-state index in [1.54, 1.807) is 6.26 Å². The maximum atomic E-state index is 8.88. The van der Waals surface area contributed by atoms with Gasteiger partial charge in [-0.05, 0) is 18.6 Å². The van der Waals surface area contributed by atoms with Crippen LogP contribution in [0.3, 0.4) is 0 Å². The normalized spacial score (nSPS) is 13.4. The van der Waals surface area contributed by atoms with Crippen molar-refractivity contribution in [2.75, 3.05) is 13.2 Å². The monoisotopic (exact) mass is 155 g/mol. The average molecular weight is 155 g/mol. The van der Waals surface area contributed by atoms with E-state index >= 15 is 0 Å². The summed E-state index contributed by atoms with van der Waals surface area (Å²) < 4.78 is 5.17. The van der Waals surface area contributed by atoms with Crippen molar-refractivity contribution in [1.29, 1.82) is 0 Å². The summed E-state index contributed by atoms with van der Waals surface area (Å²) in [6, 6.07) is 1.87. The number of furan rings is 1. The van der Waals surface area contributed by atoms with Gasteiger partial charge in [-0.2, -0.15) is 0 Å². The molecule has 3 N–H and O–H groups in total. The molecular weight excluding hydrogens is 142 g/mol. The van der Waals surface area contributed by atoms with Crippen molar-refractivity contribution in [3.05, 3.63) is 23.7 Å². The summed E-state index contributed by atoms with van der Waals surface area (Å²) in [6.45, 7) is 2.41. The molecule has 0 aromatic carbocycles. The largest absolute Gasteiger partial charge is 0.469 e. The van der Waals surface area contributed by atoms with Crippen LogP contribution in [-0.2, 0) is 0 Å². The van der Waals surface area contributed by atoms with Crippen LogP contribution in [0, 0.1) is 6.92 Å². The third-order valence-corrected chi connectivity index (χ3v) is 1.78. The number of nitrogens with two attached hydrogens (primary N) is 1. The Labute approximate surface area is 65.8 Å². The maximum Gasteiger partial charge on any atom is 0.113 e. The van der Waals surface area contributed by atoms with Crippen LogP contribution in [0.25, 0.3) is 0 Å². The van der Waals surface area contributed by atoms with E-state index in [9.17, 15) is 0 Å². The highest BCUT2D eigenvalue weighted by atomic mass is 16.3. The second kappa shape index (κ2) is 3.55. The molecule has 1 rings (SSSR count). The Hall–Kier alpha value is -0.800. The lowest BCUT2D eigenvalue weighted by Gasteiger charge is -2.08. The number of aryl methyl sites for hydroxylation is 1. The highest BCUT2D eigenvalue weighted by Gasteiger charge is 2.13. The Morgan fingerprint density at radius 2 is 2.45 bits per heavy atom. The molecule has 11 heavy (non-hydrogen) atoms. The quantitative estimate of drug-likeness (QED) is 0.672. The van der Waals surface area contributed by atoms with Gasteiger partial charge in [-0.3, -0.25) is 0 Å². The van der Waals surface area contributed by atoms with Gasteiger partial charge >= 0.3 is 0 Å². The maximum absolute atomic E-state index is 8.88. The minimum atomic E-state index is -0.0509. The number of hydrogen-bond donors (Lipinski definition) is 2. The average Bonchev–Trinajstić information content (AvgIpc) is 2.40. The molecule has 0 aliphatic rings. The van der Waals surface area contributed by atoms with Gasteiger partial charge in [-0.15, -0.1) is 0 Å². The van der Waals surface area contributed by atoms with Crippen molar-refractivity contribution < 1.29 is 9.52 Å². The fraction of sp³-hybridized carbons (Fsp3) is 0.500. The summed E-state index contributed by atoms with van der Waals surface area (Å²) in [6.07, 6.45) is 1.61. The molecule has 0 aliphatic carbocycles. The van der Waals surface area contributed by atoms with E-state index in [0.29, 0.717) is 6.54 Å². The van der Waals surface area contributed by atoms with Crippen LogP contribution in [0.4, 0.5) is 0 Å². The van der Waals surface area contributed by atoms with E-state index in [1.807, 2.05) is 13.0 Å². The van der Waals surface area contributed by atoms with Crippen LogP contribution in [0.1, 0.15) is 17.2 Å². The summed E-state index contributed by atoms with van der Waals surface area (Å²) in [7, 11) is 0. The molecule has 0 aliphatic heterocycles. The van der Waals surface area contributed by atoms with Crippen molar-refractivity contribution in [3.63, 3.8) is 0 Å². The van der Waals surface area contributed by atoms with Gasteiger partial charge in [0.1, 0.15) is 5.76 Å². The van der Waals surface area contributed by atoms with Gasteiger partial charge in [0.25, 0.3) is 0 Å². The first-order chi connectivity index (χ1) is 5.29. The summed E-state index contributed by atoms with van der Waals surface area (Å²) in [4.78, 5) is 0. The zero-order chi connectivity index (χ0) is 8.27. The second-order valence-electron chi connectivity index (χ2n) is 2.58. The summed E-state index contributed by atoms with van der Waals surface area (Å²) in [5.74, 6) is 0.750. The number of aliphatic hydroxyl groups excluding tert-OH is 1. The van der Waals surface area contributed by atoms with Crippen LogP contribution >= 0.6 is 0 Å². The Balaban J connectivity index is 2.81. The molecule has 0 radical (unpaired) electrons. The molecule has 0 spiro atoms. The van der Waals surface area contributed by atoms with Crippen LogP contribution < -0.4 is 5.73 Å². The van der Waals surface area contributed by atoms with E-state index in [4.69, 9.17) is 15.3 Å². The predicted octanol–water partition coefficient (Wildman–Crippen LogP) is 0.623. The SMILES string of the molecule is Cc1ccoc1C(CN)CO. The second-order valence-corrected chi connectivity index (χ2v) is 2.58. The van der Waals surface area contributed by atoms with Crippen LogP contribution in [0.15, 0.2) is 16.7 Å². The van der Waals surface area contributed by atoms with Gasteiger partial charge in [-0.25, -0.2) is 0 Å². The highest BCUT2D eigenvalue weighted by Crippen LogP contribution is 2.18. The van der Waals surface area contributed by atoms with Crippen molar-refractivity contribution >= 4 is 0 Å². The van der Waals surface area contributed by atoms with Gasteiger partial charge < -0.3 is 15.3 Å². The van der Waals surface area contributed by atoms with Crippen molar-refractivity contribution in [3.8, 4) is 0 Å². The summed E-state index contributed by atoms with van der Waals surface area (Å²) >= 11 is 0. The van der Waals surface area contributed by atoms with Crippen molar-refractivity contribution in [2.45, 2.75) is 12.8 Å². The number of rotatable bonds is 3. The molecule has 0 saturated heterocycles. The fourth-order valence-electron chi connectivity index (χ4n) is 1.07. The smallest absolute Gasteiger partial charge is 0.113 e. The number of hydrogen-bond acceptors (Lipinski definition) is 3. The van der Waals surface area contributed by atoms with Gasteiger partial charge in [0, 0.05) is 6.54 Å². The molecule has 0 amide bonds. The Morgan fingerprint density at radius 1 is 1.73 bits per heavy atom. The molecule has 0 saturated carbocycles. The van der Waals surface area contributed by atoms with Gasteiger partial charge in [0.2, 0.25) is 0 Å². The van der Waals surface area contributed by atoms with E-state index in [-0.39, 0.29) is 12.5 Å². The van der Waals surface area contributed by atoms with E-state index in [0.717, 1.165) is 11.3 Å². The van der Waals surface area contributed by atoms with Crippen LogP contribution in [0.2, 0.25) is 0 Å². The molecule has 1 heterocycles. The first-order valence-corrected chi connectivity index (χ1v) is 3.64. The molecule has 0 fully saturated rings. The molecular formula is C8H13NO2. The van der Waals surface area contributed by atoms with E-state index in [2.05, 4.69) is 0 Å². The van der Waals surface area contributed by atoms with E-state index < -0.39 is 0 Å². The zero-order valence-corrected chi connectivity index (χ0v) is 6.58. The Kier molecular flexibility index (Phi) is 2.68. The molecule has 3 nitrogen and oxygen atoms in total. The lowest BCUT2D eigenvalue weighted by atomic mass is 10.1.